The Hall–Kier alpha value is -2.67. The van der Waals surface area contributed by atoms with E-state index in [4.69, 9.17) is 10.2 Å². The number of aryl methyl sites for hydroxylation is 1. The predicted octanol–water partition coefficient (Wildman–Crippen LogP) is 2.27. The highest BCUT2D eigenvalue weighted by molar-refractivity contribution is 5.89. The molecule has 3 rings (SSSR count). The standard InChI is InChI=1S/C16H22N2O.C4H4O4/c1-11-3-4-15-13(9-11)14-10-18(7-5-12(2)19)8-6-16(14)17-15;5-3(6)1-2-4(7)8/h3-4,9,14,16-17H,5-8,10H2,1-2H3;1-2H,(H,5,6)(H,7,8)/b;2-1-/t14-,16-;/m1./s1. The monoisotopic (exact) mass is 374 g/mol. The van der Waals surface area contributed by atoms with Gasteiger partial charge in [-0.3, -0.25) is 4.79 Å². The van der Waals surface area contributed by atoms with Crippen LogP contribution in [0.25, 0.3) is 0 Å². The summed E-state index contributed by atoms with van der Waals surface area (Å²) in [7, 11) is 0. The number of aliphatic carboxylic acids is 2. The van der Waals surface area contributed by atoms with Crippen LogP contribution in [0.3, 0.4) is 0 Å². The normalized spacial score (nSPS) is 20.8. The first kappa shape index (κ1) is 20.6. The summed E-state index contributed by atoms with van der Waals surface area (Å²) in [6.07, 6.45) is 2.98. The van der Waals surface area contributed by atoms with E-state index in [1.165, 1.54) is 23.2 Å². The van der Waals surface area contributed by atoms with Crippen LogP contribution in [0, 0.1) is 6.92 Å². The molecular formula is C20H26N2O5. The molecule has 0 spiro atoms. The van der Waals surface area contributed by atoms with Gasteiger partial charge in [-0.1, -0.05) is 17.7 Å². The van der Waals surface area contributed by atoms with Gasteiger partial charge in [0.25, 0.3) is 0 Å². The minimum Gasteiger partial charge on any atom is -0.478 e. The van der Waals surface area contributed by atoms with Crippen molar-refractivity contribution < 1.29 is 24.6 Å². The van der Waals surface area contributed by atoms with Gasteiger partial charge in [-0.25, -0.2) is 9.59 Å². The molecule has 2 atom stereocenters. The zero-order valence-corrected chi connectivity index (χ0v) is 15.6. The summed E-state index contributed by atoms with van der Waals surface area (Å²) >= 11 is 0. The van der Waals surface area contributed by atoms with E-state index in [0.717, 1.165) is 19.6 Å². The maximum atomic E-state index is 11.1. The highest BCUT2D eigenvalue weighted by Crippen LogP contribution is 2.40. The number of hydrogen-bond donors (Lipinski definition) is 3. The fourth-order valence-corrected chi connectivity index (χ4v) is 3.49. The first-order chi connectivity index (χ1) is 12.8. The Morgan fingerprint density at radius 2 is 1.89 bits per heavy atom. The number of carboxylic acids is 2. The van der Waals surface area contributed by atoms with Crippen LogP contribution in [0.1, 0.15) is 36.8 Å². The Morgan fingerprint density at radius 3 is 2.48 bits per heavy atom. The second-order valence-corrected chi connectivity index (χ2v) is 7.00. The maximum absolute atomic E-state index is 11.1. The first-order valence-corrected chi connectivity index (χ1v) is 8.99. The summed E-state index contributed by atoms with van der Waals surface area (Å²) in [5, 5.41) is 19.3. The fraction of sp³-hybridized carbons (Fsp3) is 0.450. The fourth-order valence-electron chi connectivity index (χ4n) is 3.49. The Bertz CT molecular complexity index is 728. The maximum Gasteiger partial charge on any atom is 0.328 e. The van der Waals surface area contributed by atoms with Crippen LogP contribution in [0.5, 0.6) is 0 Å². The molecule has 0 radical (unpaired) electrons. The summed E-state index contributed by atoms with van der Waals surface area (Å²) < 4.78 is 0. The predicted molar refractivity (Wildman–Crippen MR) is 102 cm³/mol. The van der Waals surface area contributed by atoms with Gasteiger partial charge in [0, 0.05) is 55.9 Å². The molecule has 1 saturated heterocycles. The van der Waals surface area contributed by atoms with E-state index >= 15 is 0 Å². The molecule has 0 unspecified atom stereocenters. The van der Waals surface area contributed by atoms with Gasteiger partial charge in [-0.15, -0.1) is 0 Å². The molecule has 0 saturated carbocycles. The molecule has 7 heteroatoms. The number of anilines is 1. The second kappa shape index (κ2) is 9.32. The molecule has 3 N–H and O–H groups in total. The minimum atomic E-state index is -1.26. The number of rotatable bonds is 5. The number of carbonyl (C=O) groups is 3. The lowest BCUT2D eigenvalue weighted by Crippen LogP contribution is -2.42. The van der Waals surface area contributed by atoms with Crippen LogP contribution in [-0.2, 0) is 14.4 Å². The number of fused-ring (bicyclic) bond motifs is 3. The van der Waals surface area contributed by atoms with E-state index in [1.807, 2.05) is 0 Å². The van der Waals surface area contributed by atoms with Gasteiger partial charge in [0.2, 0.25) is 0 Å². The van der Waals surface area contributed by atoms with Crippen molar-refractivity contribution in [3.63, 3.8) is 0 Å². The van der Waals surface area contributed by atoms with Gasteiger partial charge in [0.1, 0.15) is 5.78 Å². The average molecular weight is 374 g/mol. The molecule has 0 aliphatic carbocycles. The lowest BCUT2D eigenvalue weighted by atomic mass is 9.88. The summed E-state index contributed by atoms with van der Waals surface area (Å²) in [6, 6.07) is 7.30. The number of carbonyl (C=O) groups excluding carboxylic acids is 1. The van der Waals surface area contributed by atoms with Crippen molar-refractivity contribution in [1.82, 2.24) is 4.90 Å². The number of nitrogens with zero attached hydrogens (tertiary/aromatic N) is 1. The Kier molecular flexibility index (Phi) is 7.12. The number of Topliss-reactive ketones (excluding diaryl/α,β-unsaturated/α-hetero) is 1. The van der Waals surface area contributed by atoms with E-state index in [1.54, 1.807) is 6.92 Å². The molecule has 1 aromatic rings. The molecule has 0 bridgehead atoms. The average Bonchev–Trinajstić information content (AvgIpc) is 2.96. The molecule has 2 aliphatic rings. The van der Waals surface area contributed by atoms with Crippen LogP contribution < -0.4 is 5.32 Å². The van der Waals surface area contributed by atoms with Crippen LogP contribution in [-0.4, -0.2) is 58.5 Å². The van der Waals surface area contributed by atoms with Gasteiger partial charge >= 0.3 is 11.9 Å². The molecule has 2 heterocycles. The minimum absolute atomic E-state index is 0.294. The number of benzene rings is 1. The van der Waals surface area contributed by atoms with Gasteiger partial charge in [-0.2, -0.15) is 0 Å². The number of piperidine rings is 1. The third-order valence-corrected chi connectivity index (χ3v) is 4.79. The van der Waals surface area contributed by atoms with Crippen molar-refractivity contribution in [1.29, 1.82) is 0 Å². The first-order valence-electron chi connectivity index (χ1n) is 8.99. The summed E-state index contributed by atoms with van der Waals surface area (Å²) in [5.41, 5.74) is 4.12. The third-order valence-electron chi connectivity index (χ3n) is 4.79. The SMILES string of the molecule is CC(=O)CCN1CC[C@H]2Nc3ccc(C)cc3[C@H]2C1.O=C(O)/C=C\C(=O)O. The van der Waals surface area contributed by atoms with Crippen LogP contribution in [0.4, 0.5) is 5.69 Å². The van der Waals surface area contributed by atoms with Crippen molar-refractivity contribution in [2.45, 2.75) is 38.6 Å². The largest absolute Gasteiger partial charge is 0.478 e. The van der Waals surface area contributed by atoms with Crippen LogP contribution >= 0.6 is 0 Å². The Morgan fingerprint density at radius 1 is 1.22 bits per heavy atom. The lowest BCUT2D eigenvalue weighted by molar-refractivity contribution is -0.134. The summed E-state index contributed by atoms with van der Waals surface area (Å²) in [4.78, 5) is 32.7. The van der Waals surface area contributed by atoms with Crippen molar-refractivity contribution in [3.05, 3.63) is 41.5 Å². The molecular weight excluding hydrogens is 348 g/mol. The zero-order chi connectivity index (χ0) is 20.0. The topological polar surface area (TPSA) is 107 Å². The molecule has 27 heavy (non-hydrogen) atoms. The van der Waals surface area contributed by atoms with Gasteiger partial charge in [-0.05, 0) is 31.9 Å². The Labute approximate surface area is 158 Å². The van der Waals surface area contributed by atoms with Crippen LogP contribution in [0.15, 0.2) is 30.4 Å². The molecule has 2 aliphatic heterocycles. The Balaban J connectivity index is 0.000000279. The van der Waals surface area contributed by atoms with Gasteiger partial charge in [0.05, 0.1) is 0 Å². The van der Waals surface area contributed by atoms with Crippen LogP contribution in [0.2, 0.25) is 0 Å². The number of ketones is 1. The van der Waals surface area contributed by atoms with Crippen molar-refractivity contribution in [2.24, 2.45) is 0 Å². The van der Waals surface area contributed by atoms with E-state index in [2.05, 4.69) is 35.3 Å². The van der Waals surface area contributed by atoms with E-state index < -0.39 is 11.9 Å². The van der Waals surface area contributed by atoms with Crippen molar-refractivity contribution in [3.8, 4) is 0 Å². The lowest BCUT2D eigenvalue weighted by Gasteiger charge is -2.35. The van der Waals surface area contributed by atoms with E-state index in [0.29, 0.717) is 36.3 Å². The molecule has 1 fully saturated rings. The molecule has 0 amide bonds. The molecule has 0 aromatic heterocycles. The van der Waals surface area contributed by atoms with E-state index in [-0.39, 0.29) is 0 Å². The zero-order valence-electron chi connectivity index (χ0n) is 15.6. The number of likely N-dealkylation sites (tertiary alicyclic amines) is 1. The number of carboxylic acid groups (broad SMARTS) is 2. The summed E-state index contributed by atoms with van der Waals surface area (Å²) in [6.45, 7) is 6.95. The van der Waals surface area contributed by atoms with E-state index in [9.17, 15) is 14.4 Å². The highest BCUT2D eigenvalue weighted by atomic mass is 16.4. The van der Waals surface area contributed by atoms with Gasteiger partial charge in [0.15, 0.2) is 0 Å². The van der Waals surface area contributed by atoms with Gasteiger partial charge < -0.3 is 20.4 Å². The summed E-state index contributed by atoms with van der Waals surface area (Å²) in [5.74, 6) is -1.63. The highest BCUT2D eigenvalue weighted by Gasteiger charge is 2.36. The molecule has 1 aromatic carbocycles. The number of hydrogen-bond acceptors (Lipinski definition) is 5. The number of nitrogens with one attached hydrogen (secondary N) is 1. The molecule has 7 nitrogen and oxygen atoms in total. The van der Waals surface area contributed by atoms with Crippen molar-refractivity contribution in [2.75, 3.05) is 25.0 Å². The second-order valence-electron chi connectivity index (χ2n) is 7.00. The third kappa shape index (κ3) is 6.21. The molecule has 146 valence electrons. The smallest absolute Gasteiger partial charge is 0.328 e. The quantitative estimate of drug-likeness (QED) is 0.679. The van der Waals surface area contributed by atoms with Crippen molar-refractivity contribution >= 4 is 23.4 Å².